The van der Waals surface area contributed by atoms with Crippen LogP contribution in [0.15, 0.2) is 24.3 Å². The number of hydrogen-bond acceptors (Lipinski definition) is 2. The molecule has 0 radical (unpaired) electrons. The van der Waals surface area contributed by atoms with E-state index < -0.39 is 0 Å². The zero-order valence-electron chi connectivity index (χ0n) is 11.5. The second-order valence-electron chi connectivity index (χ2n) is 5.79. The number of nitrogens with one attached hydrogen (secondary N) is 1. The van der Waals surface area contributed by atoms with Crippen molar-refractivity contribution >= 4 is 17.5 Å². The molecule has 1 atom stereocenters. The zero-order valence-corrected chi connectivity index (χ0v) is 12.3. The summed E-state index contributed by atoms with van der Waals surface area (Å²) < 4.78 is 5.58. The van der Waals surface area contributed by atoms with E-state index in [0.29, 0.717) is 6.61 Å². The number of carbonyl (C=O) groups is 1. The molecule has 1 aliphatic carbocycles. The summed E-state index contributed by atoms with van der Waals surface area (Å²) >= 11 is 5.94. The normalized spacial score (nSPS) is 24.8. The predicted molar refractivity (Wildman–Crippen MR) is 78.7 cm³/mol. The van der Waals surface area contributed by atoms with Crippen LogP contribution in [0.4, 0.5) is 0 Å². The summed E-state index contributed by atoms with van der Waals surface area (Å²) in [6, 6.07) is 7.81. The third-order valence-corrected chi connectivity index (χ3v) is 4.69. The maximum absolute atomic E-state index is 12.4. The van der Waals surface area contributed by atoms with Crippen molar-refractivity contribution in [3.63, 3.8) is 0 Å². The molecule has 3 nitrogen and oxygen atoms in total. The van der Waals surface area contributed by atoms with Gasteiger partial charge in [-0.05, 0) is 56.2 Å². The molecule has 1 aromatic carbocycles. The van der Waals surface area contributed by atoms with E-state index in [9.17, 15) is 4.79 Å². The molecule has 4 heteroatoms. The maximum atomic E-state index is 12.4. The Balaban J connectivity index is 1.72. The van der Waals surface area contributed by atoms with Crippen LogP contribution < -0.4 is 5.32 Å². The van der Waals surface area contributed by atoms with Crippen LogP contribution in [0, 0.1) is 0 Å². The Kier molecular flexibility index (Phi) is 3.99. The Morgan fingerprint density at radius 1 is 1.20 bits per heavy atom. The molecule has 3 rings (SSSR count). The van der Waals surface area contributed by atoms with E-state index in [1.807, 2.05) is 24.3 Å². The summed E-state index contributed by atoms with van der Waals surface area (Å²) in [7, 11) is 0. The van der Waals surface area contributed by atoms with Gasteiger partial charge in [0.05, 0.1) is 5.54 Å². The van der Waals surface area contributed by atoms with Crippen LogP contribution in [0.25, 0.3) is 0 Å². The van der Waals surface area contributed by atoms with Crippen LogP contribution in [0.1, 0.15) is 44.1 Å². The first-order valence-electron chi connectivity index (χ1n) is 7.39. The maximum Gasteiger partial charge on any atom is 0.249 e. The Hall–Kier alpha value is -1.06. The number of rotatable bonds is 3. The molecule has 2 fully saturated rings. The molecule has 108 valence electrons. The number of amides is 1. The number of benzene rings is 1. The summed E-state index contributed by atoms with van der Waals surface area (Å²) in [4.78, 5) is 12.4. The molecule has 1 aliphatic heterocycles. The van der Waals surface area contributed by atoms with Crippen molar-refractivity contribution in [3.8, 4) is 0 Å². The van der Waals surface area contributed by atoms with E-state index >= 15 is 0 Å². The molecule has 0 bridgehead atoms. The van der Waals surface area contributed by atoms with E-state index in [0.717, 1.165) is 49.1 Å². The van der Waals surface area contributed by atoms with Crippen LogP contribution in [-0.2, 0) is 15.1 Å². The smallest absolute Gasteiger partial charge is 0.249 e. The van der Waals surface area contributed by atoms with Gasteiger partial charge in [0.2, 0.25) is 5.91 Å². The lowest BCUT2D eigenvalue weighted by atomic mass is 9.71. The summed E-state index contributed by atoms with van der Waals surface area (Å²) in [6.45, 7) is 0.700. The summed E-state index contributed by atoms with van der Waals surface area (Å²) in [6.07, 6.45) is 5.84. The number of carbonyl (C=O) groups excluding carboxylic acids is 1. The Bertz CT molecular complexity index is 476. The fourth-order valence-corrected chi connectivity index (χ4v) is 3.17. The van der Waals surface area contributed by atoms with Crippen LogP contribution in [0.3, 0.4) is 0 Å². The Morgan fingerprint density at radius 3 is 2.50 bits per heavy atom. The predicted octanol–water partition coefficient (Wildman–Crippen LogP) is 3.40. The van der Waals surface area contributed by atoms with Crippen molar-refractivity contribution in [2.75, 3.05) is 6.61 Å². The van der Waals surface area contributed by atoms with Gasteiger partial charge >= 0.3 is 0 Å². The average molecular weight is 294 g/mol. The minimum Gasteiger partial charge on any atom is -0.368 e. The fraction of sp³-hybridized carbons (Fsp3) is 0.562. The first-order chi connectivity index (χ1) is 9.70. The van der Waals surface area contributed by atoms with Gasteiger partial charge in [-0.15, -0.1) is 0 Å². The Labute approximate surface area is 124 Å². The molecule has 1 N–H and O–H groups in total. The summed E-state index contributed by atoms with van der Waals surface area (Å²) in [5, 5.41) is 3.96. The highest BCUT2D eigenvalue weighted by molar-refractivity contribution is 6.30. The standard InChI is InChI=1S/C16H20ClNO2/c17-13-7-5-12(6-8-13)16(9-3-10-16)18-15(19)14-4-1-2-11-20-14/h5-8,14H,1-4,9-11H2,(H,18,19)/t14-/m0/s1. The van der Waals surface area contributed by atoms with E-state index in [-0.39, 0.29) is 17.6 Å². The van der Waals surface area contributed by atoms with Crippen LogP contribution >= 0.6 is 11.6 Å². The third kappa shape index (κ3) is 2.70. The van der Waals surface area contributed by atoms with Crippen LogP contribution in [0.5, 0.6) is 0 Å². The fourth-order valence-electron chi connectivity index (χ4n) is 3.05. The first kappa shape index (κ1) is 13.9. The van der Waals surface area contributed by atoms with E-state index in [1.54, 1.807) is 0 Å². The van der Waals surface area contributed by atoms with Crippen LogP contribution in [-0.4, -0.2) is 18.6 Å². The van der Waals surface area contributed by atoms with Crippen molar-refractivity contribution < 1.29 is 9.53 Å². The first-order valence-corrected chi connectivity index (χ1v) is 7.77. The van der Waals surface area contributed by atoms with Crippen molar-refractivity contribution in [1.82, 2.24) is 5.32 Å². The van der Waals surface area contributed by atoms with Crippen molar-refractivity contribution in [2.45, 2.75) is 50.2 Å². The van der Waals surface area contributed by atoms with Crippen LogP contribution in [0.2, 0.25) is 5.02 Å². The zero-order chi connectivity index (χ0) is 14.0. The van der Waals surface area contributed by atoms with Gasteiger partial charge in [-0.3, -0.25) is 4.79 Å². The molecule has 1 saturated carbocycles. The lowest BCUT2D eigenvalue weighted by Crippen LogP contribution is -2.54. The lowest BCUT2D eigenvalue weighted by Gasteiger charge is -2.44. The minimum absolute atomic E-state index is 0.0411. The molecular formula is C16H20ClNO2. The van der Waals surface area contributed by atoms with Crippen molar-refractivity contribution in [1.29, 1.82) is 0 Å². The SMILES string of the molecule is O=C(NC1(c2ccc(Cl)cc2)CCC1)[C@@H]1CCCCO1. The Morgan fingerprint density at radius 2 is 1.95 bits per heavy atom. The molecular weight excluding hydrogens is 274 g/mol. The summed E-state index contributed by atoms with van der Waals surface area (Å²) in [5.41, 5.74) is 0.944. The van der Waals surface area contributed by atoms with Gasteiger partial charge in [0.25, 0.3) is 0 Å². The van der Waals surface area contributed by atoms with Gasteiger partial charge in [0.1, 0.15) is 6.10 Å². The molecule has 1 heterocycles. The second kappa shape index (κ2) is 5.74. The largest absolute Gasteiger partial charge is 0.368 e. The molecule has 1 aromatic rings. The molecule has 0 spiro atoms. The van der Waals surface area contributed by atoms with Gasteiger partial charge in [0, 0.05) is 11.6 Å². The summed E-state index contributed by atoms with van der Waals surface area (Å²) in [5.74, 6) is 0.0411. The molecule has 2 aliphatic rings. The highest BCUT2D eigenvalue weighted by atomic mass is 35.5. The highest BCUT2D eigenvalue weighted by Gasteiger charge is 2.41. The van der Waals surface area contributed by atoms with Gasteiger partial charge < -0.3 is 10.1 Å². The molecule has 0 aromatic heterocycles. The molecule has 20 heavy (non-hydrogen) atoms. The van der Waals surface area contributed by atoms with E-state index in [2.05, 4.69) is 5.32 Å². The highest BCUT2D eigenvalue weighted by Crippen LogP contribution is 2.41. The van der Waals surface area contributed by atoms with E-state index in [4.69, 9.17) is 16.3 Å². The average Bonchev–Trinajstić information content (AvgIpc) is 2.45. The number of ether oxygens (including phenoxy) is 1. The topological polar surface area (TPSA) is 38.3 Å². The van der Waals surface area contributed by atoms with Crippen molar-refractivity contribution in [2.24, 2.45) is 0 Å². The van der Waals surface area contributed by atoms with Crippen molar-refractivity contribution in [3.05, 3.63) is 34.9 Å². The monoisotopic (exact) mass is 293 g/mol. The van der Waals surface area contributed by atoms with E-state index in [1.165, 1.54) is 0 Å². The number of halogens is 1. The number of hydrogen-bond donors (Lipinski definition) is 1. The second-order valence-corrected chi connectivity index (χ2v) is 6.22. The van der Waals surface area contributed by atoms with Gasteiger partial charge in [-0.2, -0.15) is 0 Å². The molecule has 1 saturated heterocycles. The molecule has 0 unspecified atom stereocenters. The minimum atomic E-state index is -0.270. The third-order valence-electron chi connectivity index (χ3n) is 4.44. The van der Waals surface area contributed by atoms with Gasteiger partial charge in [-0.1, -0.05) is 23.7 Å². The lowest BCUT2D eigenvalue weighted by molar-refractivity contribution is -0.138. The van der Waals surface area contributed by atoms with Gasteiger partial charge in [-0.25, -0.2) is 0 Å². The molecule has 1 amide bonds. The quantitative estimate of drug-likeness (QED) is 0.927. The van der Waals surface area contributed by atoms with Gasteiger partial charge in [0.15, 0.2) is 0 Å².